The maximum Gasteiger partial charge on any atom is 0.224 e. The molecule has 1 atom stereocenters. The molecule has 1 saturated heterocycles. The van der Waals surface area contributed by atoms with Crippen LogP contribution >= 0.6 is 0 Å². The fourth-order valence-electron chi connectivity index (χ4n) is 3.28. The molecular formula is C20H21F3N2O. The molecule has 1 aliphatic heterocycles. The second-order valence-corrected chi connectivity index (χ2v) is 6.69. The van der Waals surface area contributed by atoms with Crippen molar-refractivity contribution in [3.8, 4) is 0 Å². The minimum atomic E-state index is -0.672. The molecule has 0 saturated carbocycles. The zero-order chi connectivity index (χ0) is 18.7. The average molecular weight is 362 g/mol. The summed E-state index contributed by atoms with van der Waals surface area (Å²) in [5.74, 6) is -2.18. The maximum atomic E-state index is 14.3. The van der Waals surface area contributed by atoms with Crippen LogP contribution in [-0.2, 0) is 4.79 Å². The Morgan fingerprint density at radius 1 is 1.08 bits per heavy atom. The van der Waals surface area contributed by atoms with Crippen LogP contribution in [0.1, 0.15) is 37.7 Å². The molecule has 1 amide bonds. The Labute approximate surface area is 150 Å². The van der Waals surface area contributed by atoms with Gasteiger partial charge in [-0.2, -0.15) is 0 Å². The van der Waals surface area contributed by atoms with Crippen LogP contribution < -0.4 is 10.2 Å². The number of carbonyl (C=O) groups excluding carboxylic acids is 1. The molecule has 1 N–H and O–H groups in total. The van der Waals surface area contributed by atoms with Gasteiger partial charge in [0, 0.05) is 25.2 Å². The van der Waals surface area contributed by atoms with E-state index in [1.807, 2.05) is 6.92 Å². The zero-order valence-corrected chi connectivity index (χ0v) is 14.6. The molecule has 6 heteroatoms. The number of anilines is 2. The minimum Gasteiger partial charge on any atom is -0.367 e. The predicted octanol–water partition coefficient (Wildman–Crippen LogP) is 4.84. The number of nitrogens with one attached hydrogen (secondary N) is 1. The molecule has 1 aliphatic rings. The van der Waals surface area contributed by atoms with Gasteiger partial charge in [-0.15, -0.1) is 0 Å². The first kappa shape index (κ1) is 18.3. The van der Waals surface area contributed by atoms with Crippen LogP contribution in [0.25, 0.3) is 0 Å². The fourth-order valence-corrected chi connectivity index (χ4v) is 3.28. The summed E-state index contributed by atoms with van der Waals surface area (Å²) in [5, 5.41) is 2.54. The Kier molecular flexibility index (Phi) is 5.49. The predicted molar refractivity (Wildman–Crippen MR) is 95.9 cm³/mol. The van der Waals surface area contributed by atoms with E-state index in [0.717, 1.165) is 30.5 Å². The molecule has 0 aromatic heterocycles. The molecule has 1 heterocycles. The van der Waals surface area contributed by atoms with Gasteiger partial charge in [0.05, 0.1) is 0 Å². The van der Waals surface area contributed by atoms with Gasteiger partial charge in [0.25, 0.3) is 0 Å². The number of hydrogen-bond donors (Lipinski definition) is 1. The molecule has 3 rings (SSSR count). The Bertz CT molecular complexity index is 763. The second kappa shape index (κ2) is 7.81. The SMILES string of the molecule is CC(CC(=O)Nc1cc(F)c(N2CCCC2)c(F)c1)c1ccc(F)cc1. The summed E-state index contributed by atoms with van der Waals surface area (Å²) >= 11 is 0. The molecule has 1 unspecified atom stereocenters. The van der Waals surface area contributed by atoms with E-state index in [2.05, 4.69) is 5.32 Å². The normalized spacial score (nSPS) is 15.2. The first-order chi connectivity index (χ1) is 12.4. The van der Waals surface area contributed by atoms with Crippen molar-refractivity contribution in [1.82, 2.24) is 0 Å². The molecule has 0 spiro atoms. The highest BCUT2D eigenvalue weighted by Crippen LogP contribution is 2.30. The number of rotatable bonds is 5. The zero-order valence-electron chi connectivity index (χ0n) is 14.6. The van der Waals surface area contributed by atoms with Gasteiger partial charge in [0.15, 0.2) is 11.6 Å². The van der Waals surface area contributed by atoms with Crippen LogP contribution in [0.3, 0.4) is 0 Å². The van der Waals surface area contributed by atoms with Gasteiger partial charge in [-0.25, -0.2) is 13.2 Å². The molecular weight excluding hydrogens is 341 g/mol. The summed E-state index contributed by atoms with van der Waals surface area (Å²) in [6.07, 6.45) is 1.96. The largest absolute Gasteiger partial charge is 0.367 e. The Hall–Kier alpha value is -2.50. The van der Waals surface area contributed by atoms with Crippen molar-refractivity contribution in [1.29, 1.82) is 0 Å². The third kappa shape index (κ3) is 4.18. The van der Waals surface area contributed by atoms with Crippen LogP contribution in [0, 0.1) is 17.5 Å². The lowest BCUT2D eigenvalue weighted by Crippen LogP contribution is -2.21. The molecule has 0 aliphatic carbocycles. The third-order valence-electron chi connectivity index (χ3n) is 4.65. The van der Waals surface area contributed by atoms with Crippen molar-refractivity contribution in [2.45, 2.75) is 32.1 Å². The average Bonchev–Trinajstić information content (AvgIpc) is 3.08. The molecule has 1 fully saturated rings. The molecule has 0 radical (unpaired) electrons. The molecule has 3 nitrogen and oxygen atoms in total. The third-order valence-corrected chi connectivity index (χ3v) is 4.65. The summed E-state index contributed by atoms with van der Waals surface area (Å²) in [7, 11) is 0. The highest BCUT2D eigenvalue weighted by atomic mass is 19.1. The van der Waals surface area contributed by atoms with Gasteiger partial charge in [-0.05, 0) is 48.6 Å². The Balaban J connectivity index is 1.66. The summed E-state index contributed by atoms with van der Waals surface area (Å²) in [5.41, 5.74) is 0.891. The van der Waals surface area contributed by atoms with E-state index in [0.29, 0.717) is 13.1 Å². The number of hydrogen-bond acceptors (Lipinski definition) is 2. The highest BCUT2D eigenvalue weighted by Gasteiger charge is 2.21. The lowest BCUT2D eigenvalue weighted by molar-refractivity contribution is -0.116. The second-order valence-electron chi connectivity index (χ2n) is 6.69. The summed E-state index contributed by atoms with van der Waals surface area (Å²) in [4.78, 5) is 13.9. The number of amides is 1. The van der Waals surface area contributed by atoms with Gasteiger partial charge < -0.3 is 10.2 Å². The van der Waals surface area contributed by atoms with Gasteiger partial charge in [0.1, 0.15) is 11.5 Å². The van der Waals surface area contributed by atoms with Crippen molar-refractivity contribution < 1.29 is 18.0 Å². The van der Waals surface area contributed by atoms with Crippen molar-refractivity contribution in [2.75, 3.05) is 23.3 Å². The van der Waals surface area contributed by atoms with Crippen LogP contribution in [0.4, 0.5) is 24.5 Å². The van der Waals surface area contributed by atoms with Crippen LogP contribution in [-0.4, -0.2) is 19.0 Å². The lowest BCUT2D eigenvalue weighted by Gasteiger charge is -2.20. The van der Waals surface area contributed by atoms with Crippen LogP contribution in [0.2, 0.25) is 0 Å². The minimum absolute atomic E-state index is 0.0276. The first-order valence-electron chi connectivity index (χ1n) is 8.73. The number of halogens is 3. The molecule has 138 valence electrons. The fraction of sp³-hybridized carbons (Fsp3) is 0.350. The number of carbonyl (C=O) groups is 1. The van der Waals surface area contributed by atoms with E-state index in [-0.39, 0.29) is 35.4 Å². The summed E-state index contributed by atoms with van der Waals surface area (Å²) < 4.78 is 41.6. The lowest BCUT2D eigenvalue weighted by atomic mass is 9.97. The van der Waals surface area contributed by atoms with Gasteiger partial charge in [0.2, 0.25) is 5.91 Å². The maximum absolute atomic E-state index is 14.3. The molecule has 26 heavy (non-hydrogen) atoms. The quantitative estimate of drug-likeness (QED) is 0.826. The monoisotopic (exact) mass is 362 g/mol. The van der Waals surface area contributed by atoms with Crippen LogP contribution in [0.15, 0.2) is 36.4 Å². The molecule has 0 bridgehead atoms. The summed E-state index contributed by atoms with van der Waals surface area (Å²) in [6, 6.07) is 8.22. The van der Waals surface area contributed by atoms with Crippen LogP contribution in [0.5, 0.6) is 0 Å². The number of nitrogens with zero attached hydrogens (tertiary/aromatic N) is 1. The van der Waals surface area contributed by atoms with E-state index in [9.17, 15) is 18.0 Å². The van der Waals surface area contributed by atoms with Gasteiger partial charge in [-0.3, -0.25) is 4.79 Å². The number of benzene rings is 2. The van der Waals surface area contributed by atoms with Gasteiger partial charge >= 0.3 is 0 Å². The molecule has 2 aromatic carbocycles. The van der Waals surface area contributed by atoms with E-state index in [1.165, 1.54) is 12.1 Å². The topological polar surface area (TPSA) is 32.3 Å². The Morgan fingerprint density at radius 3 is 2.23 bits per heavy atom. The van der Waals surface area contributed by atoms with E-state index in [4.69, 9.17) is 0 Å². The summed E-state index contributed by atoms with van der Waals surface area (Å²) in [6.45, 7) is 3.11. The van der Waals surface area contributed by atoms with E-state index >= 15 is 0 Å². The van der Waals surface area contributed by atoms with Gasteiger partial charge in [-0.1, -0.05) is 19.1 Å². The smallest absolute Gasteiger partial charge is 0.224 e. The van der Waals surface area contributed by atoms with Crippen molar-refractivity contribution >= 4 is 17.3 Å². The van der Waals surface area contributed by atoms with Crippen molar-refractivity contribution in [3.63, 3.8) is 0 Å². The van der Waals surface area contributed by atoms with E-state index in [1.54, 1.807) is 17.0 Å². The van der Waals surface area contributed by atoms with E-state index < -0.39 is 11.6 Å². The highest BCUT2D eigenvalue weighted by molar-refractivity contribution is 5.91. The van der Waals surface area contributed by atoms with Crippen molar-refractivity contribution in [3.05, 3.63) is 59.4 Å². The van der Waals surface area contributed by atoms with Crippen molar-refractivity contribution in [2.24, 2.45) is 0 Å². The standard InChI is InChI=1S/C20H21F3N2O/c1-13(14-4-6-15(21)7-5-14)10-19(26)24-16-11-17(22)20(18(23)12-16)25-8-2-3-9-25/h4-7,11-13H,2-3,8-10H2,1H3,(H,24,26). The molecule has 2 aromatic rings. The first-order valence-corrected chi connectivity index (χ1v) is 8.73. The Morgan fingerprint density at radius 2 is 1.65 bits per heavy atom.